The zero-order chi connectivity index (χ0) is 24.8. The number of nitrogens with zero attached hydrogens (tertiary/aromatic N) is 5. The molecule has 1 spiro atoms. The largest absolute Gasteiger partial charge is 0.340 e. The lowest BCUT2D eigenvalue weighted by atomic mass is 9.96. The number of carbonyl (C=O) groups is 2. The summed E-state index contributed by atoms with van der Waals surface area (Å²) in [5, 5.41) is 5.46. The first-order valence-corrected chi connectivity index (χ1v) is 12.8. The Morgan fingerprint density at radius 3 is 2.50 bits per heavy atom. The van der Waals surface area contributed by atoms with Crippen molar-refractivity contribution in [3.05, 3.63) is 53.7 Å². The van der Waals surface area contributed by atoms with E-state index < -0.39 is 11.1 Å². The van der Waals surface area contributed by atoms with Crippen molar-refractivity contribution < 1.29 is 9.59 Å². The molecule has 2 N–H and O–H groups in total. The maximum Gasteiger partial charge on any atom is 0.256 e. The lowest BCUT2D eigenvalue weighted by Crippen LogP contribution is -2.59. The molecule has 2 saturated carbocycles. The van der Waals surface area contributed by atoms with Crippen LogP contribution >= 0.6 is 0 Å². The summed E-state index contributed by atoms with van der Waals surface area (Å²) in [7, 11) is 1.95. The van der Waals surface area contributed by atoms with Crippen LogP contribution in [0.2, 0.25) is 0 Å². The summed E-state index contributed by atoms with van der Waals surface area (Å²) in [5.41, 5.74) is 10.4. The number of likely N-dealkylation sites (tertiary alicyclic amines) is 1. The quantitative estimate of drug-likeness (QED) is 0.605. The van der Waals surface area contributed by atoms with Crippen LogP contribution in [-0.2, 0) is 16.6 Å². The van der Waals surface area contributed by atoms with E-state index in [1.807, 2.05) is 27.7 Å². The van der Waals surface area contributed by atoms with Crippen molar-refractivity contribution in [2.75, 3.05) is 19.6 Å². The van der Waals surface area contributed by atoms with Crippen molar-refractivity contribution in [3.8, 4) is 11.1 Å². The number of carbonyl (C=O) groups excluding carboxylic acids is 2. The van der Waals surface area contributed by atoms with E-state index in [4.69, 9.17) is 10.7 Å². The van der Waals surface area contributed by atoms with Crippen LogP contribution in [0.25, 0.3) is 22.0 Å². The number of amidine groups is 1. The molecule has 4 aliphatic rings. The van der Waals surface area contributed by atoms with Crippen molar-refractivity contribution >= 4 is 28.6 Å². The normalized spacial score (nSPS) is 21.8. The summed E-state index contributed by atoms with van der Waals surface area (Å²) in [5.74, 6) is 1.22. The minimum atomic E-state index is -0.625. The van der Waals surface area contributed by atoms with E-state index in [-0.39, 0.29) is 17.7 Å². The molecule has 0 bridgehead atoms. The van der Waals surface area contributed by atoms with E-state index in [1.165, 1.54) is 0 Å². The average molecular weight is 483 g/mol. The molecule has 2 aliphatic carbocycles. The molecule has 2 aliphatic heterocycles. The van der Waals surface area contributed by atoms with Crippen LogP contribution in [0, 0.1) is 12.8 Å². The second kappa shape index (κ2) is 7.26. The van der Waals surface area contributed by atoms with Crippen LogP contribution in [0.1, 0.15) is 36.8 Å². The van der Waals surface area contributed by atoms with E-state index >= 15 is 0 Å². The van der Waals surface area contributed by atoms with E-state index in [0.717, 1.165) is 64.7 Å². The predicted molar refractivity (Wildman–Crippen MR) is 137 cm³/mol. The van der Waals surface area contributed by atoms with Gasteiger partial charge in [0, 0.05) is 43.5 Å². The van der Waals surface area contributed by atoms with Gasteiger partial charge < -0.3 is 10.6 Å². The molecule has 1 saturated heterocycles. The van der Waals surface area contributed by atoms with Crippen LogP contribution in [-0.4, -0.2) is 67.9 Å². The topological polar surface area (TPSA) is 96.8 Å². The molecule has 3 heterocycles. The Kier molecular flexibility index (Phi) is 4.38. The standard InChI is InChI=1S/C28H30N6O2/c1-17-11-19(20-4-6-23-21(12-20)13-30-32(23)2)3-5-22(17)24-31-28(9-10-28)26(36)34(24)16-18-14-33(15-18)25(35)27(29)7-8-27/h3-6,11-13,18H,7-10,14-16,29H2,1-2H3. The van der Waals surface area contributed by atoms with E-state index in [0.29, 0.717) is 19.6 Å². The van der Waals surface area contributed by atoms with Gasteiger partial charge in [-0.05, 0) is 61.4 Å². The highest BCUT2D eigenvalue weighted by Crippen LogP contribution is 2.47. The van der Waals surface area contributed by atoms with Gasteiger partial charge in [-0.3, -0.25) is 24.2 Å². The van der Waals surface area contributed by atoms with Crippen LogP contribution in [0.15, 0.2) is 47.6 Å². The van der Waals surface area contributed by atoms with Gasteiger partial charge >= 0.3 is 0 Å². The number of rotatable bonds is 5. The van der Waals surface area contributed by atoms with E-state index in [9.17, 15) is 9.59 Å². The Balaban J connectivity index is 1.13. The maximum atomic E-state index is 13.4. The zero-order valence-electron chi connectivity index (χ0n) is 20.7. The predicted octanol–water partition coefficient (Wildman–Crippen LogP) is 2.62. The molecular formula is C28H30N6O2. The van der Waals surface area contributed by atoms with E-state index in [1.54, 1.807) is 0 Å². The molecule has 3 aromatic rings. The van der Waals surface area contributed by atoms with Crippen LogP contribution in [0.4, 0.5) is 0 Å². The van der Waals surface area contributed by atoms with Crippen molar-refractivity contribution in [1.29, 1.82) is 0 Å². The number of aryl methyl sites for hydroxylation is 2. The lowest BCUT2D eigenvalue weighted by molar-refractivity contribution is -0.140. The highest BCUT2D eigenvalue weighted by atomic mass is 16.2. The van der Waals surface area contributed by atoms with Gasteiger partial charge in [0.1, 0.15) is 11.4 Å². The molecule has 2 amide bonds. The third-order valence-electron chi connectivity index (χ3n) is 8.39. The third-order valence-corrected chi connectivity index (χ3v) is 8.39. The van der Waals surface area contributed by atoms with Crippen LogP contribution in [0.5, 0.6) is 0 Å². The van der Waals surface area contributed by atoms with Gasteiger partial charge in [0.05, 0.1) is 17.3 Å². The van der Waals surface area contributed by atoms with Crippen molar-refractivity contribution in [3.63, 3.8) is 0 Å². The number of benzene rings is 2. The van der Waals surface area contributed by atoms with Gasteiger partial charge in [0.2, 0.25) is 5.91 Å². The maximum absolute atomic E-state index is 13.4. The molecule has 8 heteroatoms. The first-order valence-electron chi connectivity index (χ1n) is 12.8. The van der Waals surface area contributed by atoms with Gasteiger partial charge in [-0.15, -0.1) is 0 Å². The number of fused-ring (bicyclic) bond motifs is 1. The zero-order valence-corrected chi connectivity index (χ0v) is 20.7. The van der Waals surface area contributed by atoms with Crippen LogP contribution in [0.3, 0.4) is 0 Å². The fourth-order valence-electron chi connectivity index (χ4n) is 5.69. The number of hydrogen-bond donors (Lipinski definition) is 1. The summed E-state index contributed by atoms with van der Waals surface area (Å²) in [6, 6.07) is 12.8. The molecule has 0 atom stereocenters. The van der Waals surface area contributed by atoms with Gasteiger partial charge in [0.15, 0.2) is 0 Å². The van der Waals surface area contributed by atoms with Gasteiger partial charge in [0.25, 0.3) is 5.91 Å². The molecule has 36 heavy (non-hydrogen) atoms. The Morgan fingerprint density at radius 2 is 1.81 bits per heavy atom. The fourth-order valence-corrected chi connectivity index (χ4v) is 5.69. The highest BCUT2D eigenvalue weighted by molar-refractivity contribution is 6.17. The molecular weight excluding hydrogens is 452 g/mol. The van der Waals surface area contributed by atoms with Crippen molar-refractivity contribution in [2.45, 2.75) is 43.7 Å². The second-order valence-corrected chi connectivity index (χ2v) is 11.2. The molecule has 1 aromatic heterocycles. The number of aromatic nitrogens is 2. The van der Waals surface area contributed by atoms with E-state index in [2.05, 4.69) is 48.4 Å². The third kappa shape index (κ3) is 3.24. The van der Waals surface area contributed by atoms with Crippen molar-refractivity contribution in [1.82, 2.24) is 19.6 Å². The Morgan fingerprint density at radius 1 is 1.08 bits per heavy atom. The lowest BCUT2D eigenvalue weighted by Gasteiger charge is -2.42. The Bertz CT molecular complexity index is 1470. The smallest absolute Gasteiger partial charge is 0.256 e. The molecule has 8 nitrogen and oxygen atoms in total. The molecule has 7 rings (SSSR count). The van der Waals surface area contributed by atoms with Crippen LogP contribution < -0.4 is 5.73 Å². The molecule has 3 fully saturated rings. The summed E-state index contributed by atoms with van der Waals surface area (Å²) < 4.78 is 1.88. The van der Waals surface area contributed by atoms with Gasteiger partial charge in [-0.25, -0.2) is 0 Å². The SMILES string of the molecule is Cc1cc(-c2ccc3c(cnn3C)c2)ccc1C1=NC2(CC2)C(=O)N1CC1CN(C(=O)C2(N)CC2)C1. The first-order chi connectivity index (χ1) is 17.3. The number of hydrogen-bond acceptors (Lipinski definition) is 5. The molecule has 2 aromatic carbocycles. The monoisotopic (exact) mass is 482 g/mol. The van der Waals surface area contributed by atoms with Gasteiger partial charge in [-0.1, -0.05) is 24.3 Å². The molecule has 0 radical (unpaired) electrons. The average Bonchev–Trinajstić information content (AvgIpc) is 3.74. The minimum Gasteiger partial charge on any atom is -0.340 e. The highest BCUT2D eigenvalue weighted by Gasteiger charge is 2.58. The number of amides is 2. The first kappa shape index (κ1) is 21.7. The van der Waals surface area contributed by atoms with Crippen molar-refractivity contribution in [2.24, 2.45) is 23.7 Å². The minimum absolute atomic E-state index is 0.0648. The Labute approximate surface area is 209 Å². The summed E-state index contributed by atoms with van der Waals surface area (Å²) >= 11 is 0. The summed E-state index contributed by atoms with van der Waals surface area (Å²) in [6.45, 7) is 4.01. The Hall–Kier alpha value is -3.52. The molecule has 184 valence electrons. The summed E-state index contributed by atoms with van der Waals surface area (Å²) in [6.07, 6.45) is 5.09. The van der Waals surface area contributed by atoms with Gasteiger partial charge in [-0.2, -0.15) is 5.10 Å². The fraction of sp³-hybridized carbons (Fsp3) is 0.429. The second-order valence-electron chi connectivity index (χ2n) is 11.2. The summed E-state index contributed by atoms with van der Waals surface area (Å²) in [4.78, 5) is 34.6. The number of aliphatic imine (C=N–C) groups is 1. The number of nitrogens with two attached hydrogens (primary N) is 1. The molecule has 0 unspecified atom stereocenters.